The van der Waals surface area contributed by atoms with E-state index in [9.17, 15) is 0 Å². The van der Waals surface area contributed by atoms with Gasteiger partial charge in [-0.15, -0.1) is 0 Å². The van der Waals surface area contributed by atoms with Crippen LogP contribution in [0.5, 0.6) is 0 Å². The maximum Gasteiger partial charge on any atom is 0.0363 e. The maximum absolute atomic E-state index is 4.32. The molecule has 12 heavy (non-hydrogen) atoms. The van der Waals surface area contributed by atoms with E-state index in [2.05, 4.69) is 38.4 Å². The van der Waals surface area contributed by atoms with Crippen molar-refractivity contribution in [2.75, 3.05) is 0 Å². The number of rotatable bonds is 4. The van der Waals surface area contributed by atoms with E-state index in [1.807, 2.05) is 13.1 Å². The molecule has 0 heterocycles. The highest BCUT2D eigenvalue weighted by Crippen LogP contribution is 2.07. The van der Waals surface area contributed by atoms with Gasteiger partial charge >= 0.3 is 0 Å². The van der Waals surface area contributed by atoms with Gasteiger partial charge in [0, 0.05) is 11.9 Å². The summed E-state index contributed by atoms with van der Waals surface area (Å²) in [5, 5.41) is 0. The maximum atomic E-state index is 4.32. The van der Waals surface area contributed by atoms with Gasteiger partial charge in [-0.3, -0.25) is 4.99 Å². The molecule has 1 nitrogen and oxygen atoms in total. The van der Waals surface area contributed by atoms with E-state index < -0.39 is 0 Å². The fourth-order valence-electron chi connectivity index (χ4n) is 0.830. The molecule has 68 valence electrons. The summed E-state index contributed by atoms with van der Waals surface area (Å²) in [5.41, 5.74) is 2.14. The topological polar surface area (TPSA) is 12.4 Å². The van der Waals surface area contributed by atoms with Crippen molar-refractivity contribution in [1.29, 1.82) is 0 Å². The zero-order chi connectivity index (χ0) is 9.56. The van der Waals surface area contributed by atoms with E-state index >= 15 is 0 Å². The lowest BCUT2D eigenvalue weighted by atomic mass is 10.1. The molecule has 1 heteroatoms. The number of aliphatic imine (C=N–C) groups is 1. The van der Waals surface area contributed by atoms with E-state index in [-0.39, 0.29) is 0 Å². The molecular formula is C11H19N. The van der Waals surface area contributed by atoms with E-state index in [0.29, 0.717) is 5.92 Å². The van der Waals surface area contributed by atoms with Crippen LogP contribution in [0.1, 0.15) is 34.1 Å². The lowest BCUT2D eigenvalue weighted by Gasteiger charge is -1.99. The number of allylic oxidation sites excluding steroid dienone is 3. The second-order valence-corrected chi connectivity index (χ2v) is 3.36. The molecular weight excluding hydrogens is 146 g/mol. The van der Waals surface area contributed by atoms with Crippen molar-refractivity contribution >= 4 is 6.21 Å². The van der Waals surface area contributed by atoms with E-state index in [1.165, 1.54) is 0 Å². The molecule has 0 radical (unpaired) electrons. The van der Waals surface area contributed by atoms with E-state index in [1.54, 1.807) is 0 Å². The zero-order valence-corrected chi connectivity index (χ0v) is 8.59. The molecule has 0 rings (SSSR count). The van der Waals surface area contributed by atoms with Crippen LogP contribution in [0.15, 0.2) is 28.9 Å². The van der Waals surface area contributed by atoms with Crippen molar-refractivity contribution < 1.29 is 0 Å². The summed E-state index contributed by atoms with van der Waals surface area (Å²) in [6.07, 6.45) is 4.99. The minimum absolute atomic E-state index is 0.572. The van der Waals surface area contributed by atoms with Crippen LogP contribution in [0.4, 0.5) is 0 Å². The molecule has 0 aromatic rings. The van der Waals surface area contributed by atoms with Gasteiger partial charge in [-0.25, -0.2) is 0 Å². The first-order chi connectivity index (χ1) is 5.56. The zero-order valence-electron chi connectivity index (χ0n) is 8.59. The minimum atomic E-state index is 0.572. The third-order valence-electron chi connectivity index (χ3n) is 1.34. The Bertz CT molecular complexity index is 197. The third-order valence-corrected chi connectivity index (χ3v) is 1.34. The minimum Gasteiger partial charge on any atom is -0.261 e. The Morgan fingerprint density at radius 1 is 1.50 bits per heavy atom. The second-order valence-electron chi connectivity index (χ2n) is 3.36. The molecule has 0 saturated heterocycles. The highest BCUT2D eigenvalue weighted by molar-refractivity contribution is 5.77. The smallest absolute Gasteiger partial charge is 0.0363 e. The summed E-state index contributed by atoms with van der Waals surface area (Å²) in [6, 6.07) is 0. The average molecular weight is 165 g/mol. The molecule has 0 N–H and O–H groups in total. The van der Waals surface area contributed by atoms with Crippen molar-refractivity contribution in [2.45, 2.75) is 34.1 Å². The molecule has 0 amide bonds. The number of hydrogen-bond acceptors (Lipinski definition) is 1. The molecule has 0 bridgehead atoms. The molecule has 0 aliphatic heterocycles. The predicted molar refractivity (Wildman–Crippen MR) is 56.5 cm³/mol. The quantitative estimate of drug-likeness (QED) is 0.564. The SMILES string of the molecule is C=C(C)/C=N\C(=C/C(C)C)CC. The van der Waals surface area contributed by atoms with Crippen LogP contribution < -0.4 is 0 Å². The van der Waals surface area contributed by atoms with Crippen molar-refractivity contribution in [3.05, 3.63) is 23.9 Å². The Kier molecular flexibility index (Phi) is 5.35. The van der Waals surface area contributed by atoms with Crippen molar-refractivity contribution in [3.8, 4) is 0 Å². The third kappa shape index (κ3) is 5.90. The van der Waals surface area contributed by atoms with Gasteiger partial charge in [0.25, 0.3) is 0 Å². The van der Waals surface area contributed by atoms with Crippen LogP contribution in [0.25, 0.3) is 0 Å². The molecule has 0 atom stereocenters. The molecule has 0 fully saturated rings. The Morgan fingerprint density at radius 2 is 2.08 bits per heavy atom. The summed E-state index contributed by atoms with van der Waals surface area (Å²) >= 11 is 0. The van der Waals surface area contributed by atoms with E-state index in [0.717, 1.165) is 17.7 Å². The van der Waals surface area contributed by atoms with Crippen molar-refractivity contribution in [3.63, 3.8) is 0 Å². The fraction of sp³-hybridized carbons (Fsp3) is 0.545. The van der Waals surface area contributed by atoms with Gasteiger partial charge in [-0.05, 0) is 24.8 Å². The molecule has 0 spiro atoms. The first kappa shape index (κ1) is 11.2. The molecule has 0 aliphatic carbocycles. The Balaban J connectivity index is 4.27. The standard InChI is InChI=1S/C11H19N/c1-6-11(7-9(2)3)12-8-10(4)5/h7-9H,4,6H2,1-3,5H3/b11-7-,12-8-. The van der Waals surface area contributed by atoms with Gasteiger partial charge in [0.1, 0.15) is 0 Å². The highest BCUT2D eigenvalue weighted by atomic mass is 14.7. The summed E-state index contributed by atoms with van der Waals surface area (Å²) in [7, 11) is 0. The predicted octanol–water partition coefficient (Wildman–Crippen LogP) is 3.58. The number of hydrogen-bond donors (Lipinski definition) is 0. The normalized spacial score (nSPS) is 12.9. The van der Waals surface area contributed by atoms with Crippen LogP contribution in [-0.4, -0.2) is 6.21 Å². The summed E-state index contributed by atoms with van der Waals surface area (Å²) in [5.74, 6) is 0.572. The second kappa shape index (κ2) is 5.76. The van der Waals surface area contributed by atoms with Crippen LogP contribution in [0.3, 0.4) is 0 Å². The van der Waals surface area contributed by atoms with Crippen LogP contribution >= 0.6 is 0 Å². The van der Waals surface area contributed by atoms with Gasteiger partial charge < -0.3 is 0 Å². The first-order valence-corrected chi connectivity index (χ1v) is 4.46. The lowest BCUT2D eigenvalue weighted by molar-refractivity contribution is 0.810. The monoisotopic (exact) mass is 165 g/mol. The molecule has 0 aliphatic rings. The van der Waals surface area contributed by atoms with Gasteiger partial charge in [0.15, 0.2) is 0 Å². The van der Waals surface area contributed by atoms with Crippen LogP contribution in [0, 0.1) is 5.92 Å². The van der Waals surface area contributed by atoms with Crippen molar-refractivity contribution in [1.82, 2.24) is 0 Å². The number of nitrogens with zero attached hydrogens (tertiary/aromatic N) is 1. The van der Waals surface area contributed by atoms with Gasteiger partial charge in [0.2, 0.25) is 0 Å². The summed E-state index contributed by atoms with van der Waals surface area (Å²) in [6.45, 7) is 12.1. The largest absolute Gasteiger partial charge is 0.261 e. The average Bonchev–Trinajstić information content (AvgIpc) is 1.97. The van der Waals surface area contributed by atoms with Crippen LogP contribution in [-0.2, 0) is 0 Å². The summed E-state index contributed by atoms with van der Waals surface area (Å²) < 4.78 is 0. The Morgan fingerprint density at radius 3 is 2.42 bits per heavy atom. The van der Waals surface area contributed by atoms with Gasteiger partial charge in [0.05, 0.1) is 0 Å². The molecule has 0 unspecified atom stereocenters. The van der Waals surface area contributed by atoms with Gasteiger partial charge in [-0.2, -0.15) is 0 Å². The van der Waals surface area contributed by atoms with Crippen LogP contribution in [0.2, 0.25) is 0 Å². The Hall–Kier alpha value is -0.850. The lowest BCUT2D eigenvalue weighted by Crippen LogP contribution is -1.85. The summed E-state index contributed by atoms with van der Waals surface area (Å²) in [4.78, 5) is 4.32. The molecule has 0 saturated carbocycles. The molecule has 0 aromatic heterocycles. The first-order valence-electron chi connectivity index (χ1n) is 4.46. The van der Waals surface area contributed by atoms with E-state index in [4.69, 9.17) is 0 Å². The van der Waals surface area contributed by atoms with Gasteiger partial charge in [-0.1, -0.05) is 33.4 Å². The molecule has 0 aromatic carbocycles. The van der Waals surface area contributed by atoms with Crippen molar-refractivity contribution in [2.24, 2.45) is 10.9 Å². The Labute approximate surface area is 75.9 Å². The highest BCUT2D eigenvalue weighted by Gasteiger charge is 1.91. The fourth-order valence-corrected chi connectivity index (χ4v) is 0.830.